The van der Waals surface area contributed by atoms with Crippen LogP contribution in [0.25, 0.3) is 0 Å². The predicted molar refractivity (Wildman–Crippen MR) is 91.9 cm³/mol. The standard InChI is InChI=1S/C18H24N4O4/c1-10-13(11(2)26-22-10)8-25-16-6-7-24-9-15(16)19-18(23)17-12-4-3-5-14(12)20-21-17/h15-16H,3-9H2,1-2H3,(H,19,23)(H,20,21)/t15-,16+/m1/s1. The molecule has 0 unspecified atom stereocenters. The number of aromatic amines is 1. The van der Waals surface area contributed by atoms with Gasteiger partial charge in [-0.1, -0.05) is 5.16 Å². The first-order chi connectivity index (χ1) is 12.6. The number of hydrogen-bond acceptors (Lipinski definition) is 6. The van der Waals surface area contributed by atoms with Gasteiger partial charge in [0.05, 0.1) is 31.1 Å². The molecule has 1 saturated heterocycles. The molecule has 0 spiro atoms. The summed E-state index contributed by atoms with van der Waals surface area (Å²) in [5.74, 6) is 0.605. The monoisotopic (exact) mass is 360 g/mol. The van der Waals surface area contributed by atoms with Crippen molar-refractivity contribution >= 4 is 5.91 Å². The van der Waals surface area contributed by atoms with Crippen molar-refractivity contribution in [2.45, 2.75) is 58.3 Å². The van der Waals surface area contributed by atoms with Gasteiger partial charge in [-0.15, -0.1) is 0 Å². The fourth-order valence-corrected chi connectivity index (χ4v) is 3.69. The molecule has 2 aromatic rings. The lowest BCUT2D eigenvalue weighted by Gasteiger charge is -2.32. The van der Waals surface area contributed by atoms with E-state index in [0.717, 1.165) is 54.0 Å². The summed E-state index contributed by atoms with van der Waals surface area (Å²) >= 11 is 0. The van der Waals surface area contributed by atoms with E-state index < -0.39 is 0 Å². The van der Waals surface area contributed by atoms with Crippen molar-refractivity contribution in [3.8, 4) is 0 Å². The summed E-state index contributed by atoms with van der Waals surface area (Å²) in [5, 5.41) is 14.2. The average Bonchev–Trinajstić information content (AvgIpc) is 3.31. The maximum absolute atomic E-state index is 12.7. The molecule has 2 atom stereocenters. The highest BCUT2D eigenvalue weighted by molar-refractivity contribution is 5.94. The third-order valence-corrected chi connectivity index (χ3v) is 5.25. The maximum atomic E-state index is 12.7. The largest absolute Gasteiger partial charge is 0.379 e. The molecule has 1 aliphatic carbocycles. The predicted octanol–water partition coefficient (Wildman–Crippen LogP) is 1.61. The number of rotatable bonds is 5. The van der Waals surface area contributed by atoms with Crippen LogP contribution in [0.5, 0.6) is 0 Å². The summed E-state index contributed by atoms with van der Waals surface area (Å²) in [4.78, 5) is 12.7. The van der Waals surface area contributed by atoms with Gasteiger partial charge in [-0.3, -0.25) is 9.89 Å². The molecule has 0 radical (unpaired) electrons. The number of carbonyl (C=O) groups excluding carboxylic acids is 1. The zero-order valence-corrected chi connectivity index (χ0v) is 15.1. The van der Waals surface area contributed by atoms with Gasteiger partial charge < -0.3 is 19.3 Å². The second kappa shape index (κ2) is 7.20. The van der Waals surface area contributed by atoms with Crippen LogP contribution < -0.4 is 5.32 Å². The number of aryl methyl sites for hydroxylation is 3. The topological polar surface area (TPSA) is 102 Å². The number of ether oxygens (including phenoxy) is 2. The van der Waals surface area contributed by atoms with Gasteiger partial charge in [-0.2, -0.15) is 5.10 Å². The van der Waals surface area contributed by atoms with Crippen molar-refractivity contribution in [1.82, 2.24) is 20.7 Å². The highest BCUT2D eigenvalue weighted by Crippen LogP contribution is 2.23. The number of carbonyl (C=O) groups is 1. The molecular weight excluding hydrogens is 336 g/mol. The quantitative estimate of drug-likeness (QED) is 0.840. The maximum Gasteiger partial charge on any atom is 0.272 e. The Morgan fingerprint density at radius 3 is 3.08 bits per heavy atom. The van der Waals surface area contributed by atoms with Gasteiger partial charge in [-0.05, 0) is 39.5 Å². The van der Waals surface area contributed by atoms with Gasteiger partial charge in [0.2, 0.25) is 0 Å². The van der Waals surface area contributed by atoms with Crippen LogP contribution in [0.2, 0.25) is 0 Å². The van der Waals surface area contributed by atoms with E-state index in [1.807, 2.05) is 13.8 Å². The Morgan fingerprint density at radius 1 is 1.38 bits per heavy atom. The highest BCUT2D eigenvalue weighted by Gasteiger charge is 2.31. The summed E-state index contributed by atoms with van der Waals surface area (Å²) < 4.78 is 16.8. The van der Waals surface area contributed by atoms with Crippen molar-refractivity contribution in [2.75, 3.05) is 13.2 Å². The third-order valence-electron chi connectivity index (χ3n) is 5.25. The smallest absolute Gasteiger partial charge is 0.272 e. The first-order valence-electron chi connectivity index (χ1n) is 9.11. The van der Waals surface area contributed by atoms with Crippen molar-refractivity contribution in [2.24, 2.45) is 0 Å². The number of amides is 1. The van der Waals surface area contributed by atoms with Gasteiger partial charge in [0.25, 0.3) is 5.91 Å². The molecule has 2 aromatic heterocycles. The minimum absolute atomic E-state index is 0.117. The van der Waals surface area contributed by atoms with Crippen molar-refractivity contribution in [1.29, 1.82) is 0 Å². The van der Waals surface area contributed by atoms with Gasteiger partial charge in [0, 0.05) is 23.4 Å². The van der Waals surface area contributed by atoms with E-state index >= 15 is 0 Å². The van der Waals surface area contributed by atoms with Crippen LogP contribution in [-0.2, 0) is 28.9 Å². The molecule has 8 nitrogen and oxygen atoms in total. The lowest BCUT2D eigenvalue weighted by Crippen LogP contribution is -2.50. The number of aromatic nitrogens is 3. The SMILES string of the molecule is Cc1noc(C)c1CO[C@H]1CCOC[C@H]1NC(=O)c1n[nH]c2c1CCC2. The Balaban J connectivity index is 1.41. The number of nitrogens with one attached hydrogen (secondary N) is 2. The summed E-state index contributed by atoms with van der Waals surface area (Å²) in [6.07, 6.45) is 3.55. The Morgan fingerprint density at radius 2 is 2.27 bits per heavy atom. The second-order valence-electron chi connectivity index (χ2n) is 6.98. The second-order valence-corrected chi connectivity index (χ2v) is 6.98. The molecule has 26 heavy (non-hydrogen) atoms. The molecule has 2 N–H and O–H groups in total. The van der Waals surface area contributed by atoms with Gasteiger partial charge >= 0.3 is 0 Å². The van der Waals surface area contributed by atoms with Crippen LogP contribution in [-0.4, -0.2) is 46.6 Å². The van der Waals surface area contributed by atoms with E-state index in [1.54, 1.807) is 0 Å². The molecule has 8 heteroatoms. The number of fused-ring (bicyclic) bond motifs is 1. The molecule has 140 valence electrons. The van der Waals surface area contributed by atoms with Gasteiger partial charge in [-0.25, -0.2) is 0 Å². The summed E-state index contributed by atoms with van der Waals surface area (Å²) in [7, 11) is 0. The molecule has 0 bridgehead atoms. The minimum Gasteiger partial charge on any atom is -0.379 e. The van der Waals surface area contributed by atoms with Crippen LogP contribution >= 0.6 is 0 Å². The molecular formula is C18H24N4O4. The van der Waals surface area contributed by atoms with E-state index in [2.05, 4.69) is 20.7 Å². The van der Waals surface area contributed by atoms with Gasteiger partial charge in [0.1, 0.15) is 5.76 Å². The summed E-state index contributed by atoms with van der Waals surface area (Å²) in [6, 6.07) is -0.203. The van der Waals surface area contributed by atoms with E-state index in [4.69, 9.17) is 14.0 Å². The van der Waals surface area contributed by atoms with Crippen LogP contribution in [0.3, 0.4) is 0 Å². The Labute approximate surface area is 151 Å². The first kappa shape index (κ1) is 17.2. The zero-order valence-electron chi connectivity index (χ0n) is 15.1. The van der Waals surface area contributed by atoms with Gasteiger partial charge in [0.15, 0.2) is 5.69 Å². The Bertz CT molecular complexity index is 778. The summed E-state index contributed by atoms with van der Waals surface area (Å²) in [6.45, 7) is 5.24. The van der Waals surface area contributed by atoms with Crippen molar-refractivity contribution in [3.63, 3.8) is 0 Å². The fraction of sp³-hybridized carbons (Fsp3) is 0.611. The highest BCUT2D eigenvalue weighted by atomic mass is 16.5. The Kier molecular flexibility index (Phi) is 4.78. The zero-order chi connectivity index (χ0) is 18.1. The van der Waals surface area contributed by atoms with E-state index in [-0.39, 0.29) is 18.1 Å². The third kappa shape index (κ3) is 3.26. The van der Waals surface area contributed by atoms with E-state index in [0.29, 0.717) is 25.5 Å². The molecule has 3 heterocycles. The fourth-order valence-electron chi connectivity index (χ4n) is 3.69. The van der Waals surface area contributed by atoms with Crippen molar-refractivity contribution in [3.05, 3.63) is 34.0 Å². The van der Waals surface area contributed by atoms with Crippen molar-refractivity contribution < 1.29 is 18.8 Å². The number of hydrogen-bond donors (Lipinski definition) is 2. The Hall–Kier alpha value is -2.19. The lowest BCUT2D eigenvalue weighted by molar-refractivity contribution is -0.0608. The molecule has 1 fully saturated rings. The van der Waals surface area contributed by atoms with E-state index in [1.165, 1.54) is 0 Å². The molecule has 2 aliphatic rings. The first-order valence-corrected chi connectivity index (χ1v) is 9.11. The number of nitrogens with zero attached hydrogens (tertiary/aromatic N) is 2. The van der Waals surface area contributed by atoms with E-state index in [9.17, 15) is 4.79 Å². The molecule has 1 aliphatic heterocycles. The summed E-state index contributed by atoms with van der Waals surface area (Å²) in [5.41, 5.74) is 4.44. The van der Waals surface area contributed by atoms with Crippen LogP contribution in [0, 0.1) is 13.8 Å². The molecule has 0 aromatic carbocycles. The normalized spacial score (nSPS) is 22.4. The van der Waals surface area contributed by atoms with Crippen LogP contribution in [0.4, 0.5) is 0 Å². The lowest BCUT2D eigenvalue weighted by atomic mass is 10.1. The molecule has 0 saturated carbocycles. The molecule has 1 amide bonds. The minimum atomic E-state index is -0.203. The number of H-pyrrole nitrogens is 1. The average molecular weight is 360 g/mol. The molecule has 4 rings (SSSR count). The van der Waals surface area contributed by atoms with Crippen LogP contribution in [0.1, 0.15) is 51.6 Å². The van der Waals surface area contributed by atoms with Crippen LogP contribution in [0.15, 0.2) is 4.52 Å².